The summed E-state index contributed by atoms with van der Waals surface area (Å²) in [5.74, 6) is -0.0849. The molecule has 132 valence electrons. The van der Waals surface area contributed by atoms with E-state index in [-0.39, 0.29) is 18.1 Å². The van der Waals surface area contributed by atoms with Crippen LogP contribution >= 0.6 is 0 Å². The second-order valence-electron chi connectivity index (χ2n) is 6.21. The second kappa shape index (κ2) is 7.33. The summed E-state index contributed by atoms with van der Waals surface area (Å²) < 4.78 is 13.3. The molecule has 0 atom stereocenters. The number of nitrogens with one attached hydrogen (secondary N) is 1. The highest BCUT2D eigenvalue weighted by Gasteiger charge is 2.07. The maximum atomic E-state index is 13.3. The Morgan fingerprint density at radius 2 is 1.67 bits per heavy atom. The molecule has 3 aromatic carbocycles. The summed E-state index contributed by atoms with van der Waals surface area (Å²) in [4.78, 5) is 20.7. The molecule has 0 aliphatic heterocycles. The van der Waals surface area contributed by atoms with Crippen LogP contribution in [-0.2, 0) is 11.2 Å². The van der Waals surface area contributed by atoms with Crippen molar-refractivity contribution >= 4 is 22.4 Å². The molecule has 1 heterocycles. The molecule has 27 heavy (non-hydrogen) atoms. The number of fused-ring (bicyclic) bond motifs is 1. The van der Waals surface area contributed by atoms with Crippen molar-refractivity contribution in [2.24, 2.45) is 0 Å². The fraction of sp³-hybridized carbons (Fsp3) is 0.0455. The van der Waals surface area contributed by atoms with E-state index in [1.54, 1.807) is 12.1 Å². The number of carbonyl (C=O) groups is 1. The highest BCUT2D eigenvalue weighted by molar-refractivity contribution is 5.93. The quantitative estimate of drug-likeness (QED) is 0.580. The van der Waals surface area contributed by atoms with Crippen molar-refractivity contribution in [3.63, 3.8) is 0 Å². The van der Waals surface area contributed by atoms with Gasteiger partial charge in [-0.2, -0.15) is 0 Å². The summed E-state index contributed by atoms with van der Waals surface area (Å²) in [6.07, 6.45) is 3.30. The molecule has 0 saturated carbocycles. The monoisotopic (exact) mass is 357 g/mol. The maximum Gasteiger partial charge on any atom is 0.228 e. The van der Waals surface area contributed by atoms with Gasteiger partial charge in [0.15, 0.2) is 5.82 Å². The van der Waals surface area contributed by atoms with E-state index in [1.165, 1.54) is 24.5 Å². The van der Waals surface area contributed by atoms with Gasteiger partial charge in [-0.3, -0.25) is 4.79 Å². The number of halogens is 1. The van der Waals surface area contributed by atoms with E-state index in [9.17, 15) is 9.18 Å². The molecule has 0 spiro atoms. The number of rotatable bonds is 4. The Bertz CT molecular complexity index is 1110. The van der Waals surface area contributed by atoms with Crippen LogP contribution in [0.3, 0.4) is 0 Å². The van der Waals surface area contributed by atoms with E-state index in [0.29, 0.717) is 17.1 Å². The van der Waals surface area contributed by atoms with Gasteiger partial charge < -0.3 is 5.32 Å². The fourth-order valence-corrected chi connectivity index (χ4v) is 2.91. The van der Waals surface area contributed by atoms with Gasteiger partial charge in [0.05, 0.1) is 24.5 Å². The van der Waals surface area contributed by atoms with Crippen molar-refractivity contribution in [1.29, 1.82) is 0 Å². The van der Waals surface area contributed by atoms with Gasteiger partial charge in [-0.25, -0.2) is 14.4 Å². The van der Waals surface area contributed by atoms with E-state index >= 15 is 0 Å². The summed E-state index contributed by atoms with van der Waals surface area (Å²) >= 11 is 0. The minimum Gasteiger partial charge on any atom is -0.323 e. The summed E-state index contributed by atoms with van der Waals surface area (Å²) in [5.41, 5.74) is 2.02. The Hall–Kier alpha value is -3.60. The predicted molar refractivity (Wildman–Crippen MR) is 104 cm³/mol. The van der Waals surface area contributed by atoms with Gasteiger partial charge in [-0.1, -0.05) is 54.6 Å². The van der Waals surface area contributed by atoms with E-state index in [2.05, 4.69) is 15.3 Å². The average Bonchev–Trinajstić information content (AvgIpc) is 2.68. The summed E-state index contributed by atoms with van der Waals surface area (Å²) in [5, 5.41) is 5.03. The SMILES string of the molecule is O=C(Cc1ccc2ccccc2c1)Nc1cnc(-c2cccc(F)c2)nc1. The van der Waals surface area contributed by atoms with Crippen LogP contribution in [0, 0.1) is 5.82 Å². The van der Waals surface area contributed by atoms with Crippen LogP contribution in [-0.4, -0.2) is 15.9 Å². The largest absolute Gasteiger partial charge is 0.323 e. The van der Waals surface area contributed by atoms with Crippen LogP contribution in [0.1, 0.15) is 5.56 Å². The number of aromatic nitrogens is 2. The van der Waals surface area contributed by atoms with Crippen molar-refractivity contribution < 1.29 is 9.18 Å². The van der Waals surface area contributed by atoms with Crippen LogP contribution in [0.15, 0.2) is 79.1 Å². The third-order valence-electron chi connectivity index (χ3n) is 4.20. The number of hydrogen-bond donors (Lipinski definition) is 1. The van der Waals surface area contributed by atoms with Crippen molar-refractivity contribution in [2.75, 3.05) is 5.32 Å². The lowest BCUT2D eigenvalue weighted by atomic mass is 10.0. The van der Waals surface area contributed by atoms with Crippen LogP contribution in [0.5, 0.6) is 0 Å². The first-order chi connectivity index (χ1) is 13.2. The molecule has 1 amide bonds. The zero-order valence-electron chi connectivity index (χ0n) is 14.4. The van der Waals surface area contributed by atoms with E-state index < -0.39 is 0 Å². The topological polar surface area (TPSA) is 54.9 Å². The van der Waals surface area contributed by atoms with Crippen LogP contribution in [0.2, 0.25) is 0 Å². The Balaban J connectivity index is 1.44. The van der Waals surface area contributed by atoms with Crippen LogP contribution in [0.25, 0.3) is 22.2 Å². The van der Waals surface area contributed by atoms with Gasteiger partial charge in [-0.15, -0.1) is 0 Å². The molecule has 0 radical (unpaired) electrons. The number of hydrogen-bond acceptors (Lipinski definition) is 3. The highest BCUT2D eigenvalue weighted by Crippen LogP contribution is 2.18. The summed E-state index contributed by atoms with van der Waals surface area (Å²) in [7, 11) is 0. The Labute approximate surface area is 155 Å². The van der Waals surface area contributed by atoms with Gasteiger partial charge in [0, 0.05) is 5.56 Å². The Morgan fingerprint density at radius 1 is 0.889 bits per heavy atom. The molecule has 5 heteroatoms. The molecule has 0 saturated heterocycles. The zero-order valence-corrected chi connectivity index (χ0v) is 14.4. The first kappa shape index (κ1) is 16.8. The molecule has 0 fully saturated rings. The molecule has 4 aromatic rings. The summed E-state index contributed by atoms with van der Waals surface area (Å²) in [6, 6.07) is 20.1. The number of amides is 1. The molecule has 0 aliphatic carbocycles. The van der Waals surface area contributed by atoms with Gasteiger partial charge in [-0.05, 0) is 28.5 Å². The number of anilines is 1. The lowest BCUT2D eigenvalue weighted by Crippen LogP contribution is -2.14. The molecule has 1 aromatic heterocycles. The van der Waals surface area contributed by atoms with Crippen LogP contribution in [0.4, 0.5) is 10.1 Å². The van der Waals surface area contributed by atoms with Crippen molar-refractivity contribution in [1.82, 2.24) is 9.97 Å². The zero-order chi connectivity index (χ0) is 18.6. The summed E-state index contributed by atoms with van der Waals surface area (Å²) in [6.45, 7) is 0. The van der Waals surface area contributed by atoms with E-state index in [1.807, 2.05) is 42.5 Å². The lowest BCUT2D eigenvalue weighted by Gasteiger charge is -2.07. The normalized spacial score (nSPS) is 10.7. The molecule has 0 unspecified atom stereocenters. The van der Waals surface area contributed by atoms with Crippen molar-refractivity contribution in [3.05, 3.63) is 90.5 Å². The minimum atomic E-state index is -0.344. The first-order valence-electron chi connectivity index (χ1n) is 8.53. The number of nitrogens with zero attached hydrogens (tertiary/aromatic N) is 2. The van der Waals surface area contributed by atoms with Crippen LogP contribution < -0.4 is 5.32 Å². The minimum absolute atomic E-state index is 0.146. The third kappa shape index (κ3) is 3.98. The molecule has 1 N–H and O–H groups in total. The first-order valence-corrected chi connectivity index (χ1v) is 8.53. The second-order valence-corrected chi connectivity index (χ2v) is 6.21. The molecular formula is C22H16FN3O. The van der Waals surface area contributed by atoms with Gasteiger partial charge in [0.1, 0.15) is 5.82 Å². The molecular weight excluding hydrogens is 341 g/mol. The smallest absolute Gasteiger partial charge is 0.228 e. The standard InChI is InChI=1S/C22H16FN3O/c23-19-7-3-6-18(12-19)22-24-13-20(14-25-22)26-21(27)11-15-8-9-16-4-1-2-5-17(16)10-15/h1-10,12-14H,11H2,(H,26,27). The third-order valence-corrected chi connectivity index (χ3v) is 4.20. The van der Waals surface area contributed by atoms with Gasteiger partial charge >= 0.3 is 0 Å². The van der Waals surface area contributed by atoms with Crippen molar-refractivity contribution in [2.45, 2.75) is 6.42 Å². The molecule has 4 nitrogen and oxygen atoms in total. The maximum absolute atomic E-state index is 13.3. The average molecular weight is 357 g/mol. The lowest BCUT2D eigenvalue weighted by molar-refractivity contribution is -0.115. The van der Waals surface area contributed by atoms with Gasteiger partial charge in [0.25, 0.3) is 0 Å². The molecule has 4 rings (SSSR count). The van der Waals surface area contributed by atoms with E-state index in [4.69, 9.17) is 0 Å². The number of benzene rings is 3. The van der Waals surface area contributed by atoms with Crippen molar-refractivity contribution in [3.8, 4) is 11.4 Å². The molecule has 0 bridgehead atoms. The number of carbonyl (C=O) groups excluding carboxylic acids is 1. The predicted octanol–water partition coefficient (Wildman–Crippen LogP) is 4.62. The molecule has 0 aliphatic rings. The van der Waals surface area contributed by atoms with Gasteiger partial charge in [0.2, 0.25) is 5.91 Å². The Morgan fingerprint density at radius 3 is 2.44 bits per heavy atom. The van der Waals surface area contributed by atoms with E-state index in [0.717, 1.165) is 16.3 Å². The Kier molecular flexibility index (Phi) is 4.58. The fourth-order valence-electron chi connectivity index (χ4n) is 2.91. The highest BCUT2D eigenvalue weighted by atomic mass is 19.1.